The van der Waals surface area contributed by atoms with Crippen LogP contribution in [0, 0.1) is 0 Å². The van der Waals surface area contributed by atoms with Crippen LogP contribution in [-0.4, -0.2) is 26.7 Å². The van der Waals surface area contributed by atoms with Crippen molar-refractivity contribution in [2.75, 3.05) is 6.26 Å². The Kier molecular flexibility index (Phi) is 4.90. The van der Waals surface area contributed by atoms with Gasteiger partial charge in [-0.1, -0.05) is 12.1 Å². The largest absolute Gasteiger partial charge is 0.463 e. The fourth-order valence-electron chi connectivity index (χ4n) is 1.50. The molecule has 0 aliphatic carbocycles. The van der Waals surface area contributed by atoms with Crippen LogP contribution < -0.4 is 0 Å². The minimum absolute atomic E-state index is 0.125. The van der Waals surface area contributed by atoms with Crippen LogP contribution in [0.4, 0.5) is 0 Å². The van der Waals surface area contributed by atoms with Crippen molar-refractivity contribution < 1.29 is 17.9 Å². The summed E-state index contributed by atoms with van der Waals surface area (Å²) in [6.45, 7) is 3.59. The van der Waals surface area contributed by atoms with Gasteiger partial charge in [0, 0.05) is 12.7 Å². The lowest BCUT2D eigenvalue weighted by atomic mass is 10.1. The number of rotatable bonds is 5. The lowest BCUT2D eigenvalue weighted by molar-refractivity contribution is -0.147. The summed E-state index contributed by atoms with van der Waals surface area (Å²) in [5.74, 6) is -0.269. The fourth-order valence-corrected chi connectivity index (χ4v) is 2.19. The van der Waals surface area contributed by atoms with Gasteiger partial charge in [-0.3, -0.25) is 4.79 Å². The number of esters is 1. The highest BCUT2D eigenvalue weighted by atomic mass is 32.2. The first-order valence-corrected chi connectivity index (χ1v) is 7.66. The zero-order chi connectivity index (χ0) is 13.8. The number of benzene rings is 1. The summed E-state index contributed by atoms with van der Waals surface area (Å²) in [5.41, 5.74) is 0.818. The Morgan fingerprint density at radius 1 is 1.33 bits per heavy atom. The van der Waals surface area contributed by atoms with E-state index in [1.807, 2.05) is 0 Å². The Morgan fingerprint density at radius 3 is 2.56 bits per heavy atom. The van der Waals surface area contributed by atoms with Crippen molar-refractivity contribution in [1.29, 1.82) is 0 Å². The van der Waals surface area contributed by atoms with E-state index in [2.05, 4.69) is 0 Å². The summed E-state index contributed by atoms with van der Waals surface area (Å²) < 4.78 is 27.8. The summed E-state index contributed by atoms with van der Waals surface area (Å²) in [6, 6.07) is 6.63. The molecule has 0 saturated carbocycles. The van der Waals surface area contributed by atoms with Crippen LogP contribution in [0.15, 0.2) is 29.2 Å². The molecule has 0 saturated heterocycles. The van der Waals surface area contributed by atoms with Crippen molar-refractivity contribution in [2.45, 2.75) is 37.7 Å². The molecule has 0 radical (unpaired) electrons. The third-order valence-electron chi connectivity index (χ3n) is 2.31. The van der Waals surface area contributed by atoms with Gasteiger partial charge in [-0.05, 0) is 38.0 Å². The third kappa shape index (κ3) is 4.87. The number of hydrogen-bond acceptors (Lipinski definition) is 4. The third-order valence-corrected chi connectivity index (χ3v) is 3.42. The highest BCUT2D eigenvalue weighted by Crippen LogP contribution is 2.13. The second kappa shape index (κ2) is 6.00. The Morgan fingerprint density at radius 2 is 2.00 bits per heavy atom. The van der Waals surface area contributed by atoms with E-state index in [0.717, 1.165) is 5.56 Å². The van der Waals surface area contributed by atoms with E-state index in [1.165, 1.54) is 6.26 Å². The Bertz CT molecular complexity index is 518. The van der Waals surface area contributed by atoms with Gasteiger partial charge in [0.2, 0.25) is 0 Å². The molecule has 1 aromatic rings. The predicted molar refractivity (Wildman–Crippen MR) is 69.1 cm³/mol. The SMILES string of the molecule is CC(C)OC(=O)CCc1cccc(S(C)(=O)=O)c1. The molecule has 0 spiro atoms. The minimum Gasteiger partial charge on any atom is -0.463 e. The number of aryl methyl sites for hydroxylation is 1. The van der Waals surface area contributed by atoms with Crippen LogP contribution in [-0.2, 0) is 25.8 Å². The highest BCUT2D eigenvalue weighted by Gasteiger charge is 2.09. The van der Waals surface area contributed by atoms with E-state index in [0.29, 0.717) is 6.42 Å². The van der Waals surface area contributed by atoms with Crippen LogP contribution in [0.3, 0.4) is 0 Å². The maximum absolute atomic E-state index is 11.4. The smallest absolute Gasteiger partial charge is 0.306 e. The van der Waals surface area contributed by atoms with Gasteiger partial charge in [-0.2, -0.15) is 0 Å². The average molecular weight is 270 g/mol. The summed E-state index contributed by atoms with van der Waals surface area (Å²) in [7, 11) is -3.20. The Labute approximate surface area is 108 Å². The molecule has 0 aromatic heterocycles. The maximum Gasteiger partial charge on any atom is 0.306 e. The molecule has 0 amide bonds. The quantitative estimate of drug-likeness (QED) is 0.768. The minimum atomic E-state index is -3.20. The number of hydrogen-bond donors (Lipinski definition) is 0. The lowest BCUT2D eigenvalue weighted by Gasteiger charge is -2.08. The van der Waals surface area contributed by atoms with Crippen molar-refractivity contribution in [1.82, 2.24) is 0 Å². The van der Waals surface area contributed by atoms with Gasteiger partial charge in [0.05, 0.1) is 11.0 Å². The van der Waals surface area contributed by atoms with Crippen LogP contribution >= 0.6 is 0 Å². The normalized spacial score (nSPS) is 11.6. The summed E-state index contributed by atoms with van der Waals surface area (Å²) in [5, 5.41) is 0. The van der Waals surface area contributed by atoms with Gasteiger partial charge in [0.15, 0.2) is 9.84 Å². The van der Waals surface area contributed by atoms with Crippen molar-refractivity contribution in [3.63, 3.8) is 0 Å². The second-order valence-electron chi connectivity index (χ2n) is 4.46. The van der Waals surface area contributed by atoms with E-state index in [9.17, 15) is 13.2 Å². The molecular formula is C13H18O4S. The van der Waals surface area contributed by atoms with Crippen LogP contribution in [0.5, 0.6) is 0 Å². The van der Waals surface area contributed by atoms with Crippen molar-refractivity contribution in [2.24, 2.45) is 0 Å². The first-order chi connectivity index (χ1) is 8.29. The highest BCUT2D eigenvalue weighted by molar-refractivity contribution is 7.90. The zero-order valence-electron chi connectivity index (χ0n) is 10.8. The monoisotopic (exact) mass is 270 g/mol. The fraction of sp³-hybridized carbons (Fsp3) is 0.462. The zero-order valence-corrected chi connectivity index (χ0v) is 11.7. The topological polar surface area (TPSA) is 60.4 Å². The van der Waals surface area contributed by atoms with E-state index in [1.54, 1.807) is 38.1 Å². The molecule has 0 unspecified atom stereocenters. The standard InChI is InChI=1S/C13H18O4S/c1-10(2)17-13(14)8-7-11-5-4-6-12(9-11)18(3,15)16/h4-6,9-10H,7-8H2,1-3H3. The van der Waals surface area contributed by atoms with E-state index in [-0.39, 0.29) is 23.4 Å². The molecule has 1 aromatic carbocycles. The molecule has 0 bridgehead atoms. The van der Waals surface area contributed by atoms with Gasteiger partial charge in [-0.15, -0.1) is 0 Å². The molecule has 0 fully saturated rings. The first kappa shape index (κ1) is 14.7. The maximum atomic E-state index is 11.4. The molecule has 0 aliphatic heterocycles. The molecule has 100 valence electrons. The van der Waals surface area contributed by atoms with Gasteiger partial charge in [-0.25, -0.2) is 8.42 Å². The van der Waals surface area contributed by atoms with E-state index >= 15 is 0 Å². The molecule has 4 nitrogen and oxygen atoms in total. The van der Waals surface area contributed by atoms with Crippen molar-refractivity contribution in [3.8, 4) is 0 Å². The molecule has 18 heavy (non-hydrogen) atoms. The Balaban J connectivity index is 2.67. The van der Waals surface area contributed by atoms with Crippen LogP contribution in [0.2, 0.25) is 0 Å². The summed E-state index contributed by atoms with van der Waals surface area (Å²) in [6.07, 6.45) is 1.78. The van der Waals surface area contributed by atoms with Gasteiger partial charge in [0.25, 0.3) is 0 Å². The number of ether oxygens (including phenoxy) is 1. The molecule has 5 heteroatoms. The second-order valence-corrected chi connectivity index (χ2v) is 6.47. The van der Waals surface area contributed by atoms with Gasteiger partial charge in [0.1, 0.15) is 0 Å². The van der Waals surface area contributed by atoms with Crippen LogP contribution in [0.1, 0.15) is 25.8 Å². The summed E-state index contributed by atoms with van der Waals surface area (Å²) >= 11 is 0. The van der Waals surface area contributed by atoms with Gasteiger partial charge < -0.3 is 4.74 Å². The van der Waals surface area contributed by atoms with Crippen molar-refractivity contribution in [3.05, 3.63) is 29.8 Å². The number of carbonyl (C=O) groups is 1. The molecule has 0 N–H and O–H groups in total. The molecular weight excluding hydrogens is 252 g/mol. The molecule has 0 aliphatic rings. The van der Waals surface area contributed by atoms with E-state index < -0.39 is 9.84 Å². The number of carbonyl (C=O) groups excluding carboxylic acids is 1. The van der Waals surface area contributed by atoms with Gasteiger partial charge >= 0.3 is 5.97 Å². The molecule has 1 rings (SSSR count). The first-order valence-electron chi connectivity index (χ1n) is 5.77. The average Bonchev–Trinajstić information content (AvgIpc) is 2.25. The van der Waals surface area contributed by atoms with E-state index in [4.69, 9.17) is 4.74 Å². The number of sulfone groups is 1. The molecule has 0 heterocycles. The Hall–Kier alpha value is -1.36. The predicted octanol–water partition coefficient (Wildman–Crippen LogP) is 1.97. The van der Waals surface area contributed by atoms with Crippen molar-refractivity contribution >= 4 is 15.8 Å². The van der Waals surface area contributed by atoms with Crippen LogP contribution in [0.25, 0.3) is 0 Å². The summed E-state index contributed by atoms with van der Waals surface area (Å²) in [4.78, 5) is 11.6. The lowest BCUT2D eigenvalue weighted by Crippen LogP contribution is -2.12. The molecule has 0 atom stereocenters.